The molecule has 0 fully saturated rings. The van der Waals surface area contributed by atoms with Crippen molar-refractivity contribution in [3.63, 3.8) is 0 Å². The van der Waals surface area contributed by atoms with Crippen molar-refractivity contribution in [2.24, 2.45) is 0 Å². The predicted molar refractivity (Wildman–Crippen MR) is 58.9 cm³/mol. The molecule has 3 N–H and O–H groups in total. The molecule has 1 unspecified atom stereocenters. The van der Waals surface area contributed by atoms with Gasteiger partial charge >= 0.3 is 5.97 Å². The van der Waals surface area contributed by atoms with Gasteiger partial charge in [0.2, 0.25) is 5.91 Å². The van der Waals surface area contributed by atoms with Gasteiger partial charge in [0, 0.05) is 0 Å². The first-order valence-corrected chi connectivity index (χ1v) is 5.98. The van der Waals surface area contributed by atoms with Gasteiger partial charge in [0.05, 0.1) is 12.3 Å². The maximum atomic E-state index is 11.1. The van der Waals surface area contributed by atoms with E-state index >= 15 is 0 Å². The fourth-order valence-electron chi connectivity index (χ4n) is 0.760. The van der Waals surface area contributed by atoms with Crippen LogP contribution in [0.2, 0.25) is 0 Å². The van der Waals surface area contributed by atoms with Gasteiger partial charge in [0.25, 0.3) is 0 Å². The van der Waals surface area contributed by atoms with E-state index in [9.17, 15) is 9.59 Å². The number of amides is 1. The maximum absolute atomic E-state index is 11.1. The monoisotopic (exact) mass is 235 g/mol. The lowest BCUT2D eigenvalue weighted by Crippen LogP contribution is -2.37. The zero-order valence-electron chi connectivity index (χ0n) is 8.73. The number of thioether (sulfide) groups is 1. The second-order valence-electron chi connectivity index (χ2n) is 3.06. The highest BCUT2D eigenvalue weighted by molar-refractivity contribution is 7.99. The normalized spacial score (nSPS) is 12.1. The van der Waals surface area contributed by atoms with Gasteiger partial charge < -0.3 is 15.5 Å². The Morgan fingerprint density at radius 1 is 1.47 bits per heavy atom. The molecule has 0 bridgehead atoms. The zero-order valence-corrected chi connectivity index (χ0v) is 9.55. The topological polar surface area (TPSA) is 86.6 Å². The Kier molecular flexibility index (Phi) is 8.12. The number of rotatable bonds is 8. The van der Waals surface area contributed by atoms with Crippen molar-refractivity contribution in [3.8, 4) is 0 Å². The minimum atomic E-state index is -1.52. The lowest BCUT2D eigenvalue weighted by Gasteiger charge is -2.07. The van der Waals surface area contributed by atoms with E-state index in [1.807, 2.05) is 0 Å². The molecule has 0 spiro atoms. The molecule has 5 nitrogen and oxygen atoms in total. The van der Waals surface area contributed by atoms with E-state index in [4.69, 9.17) is 10.2 Å². The van der Waals surface area contributed by atoms with Crippen LogP contribution in [0.1, 0.15) is 19.8 Å². The van der Waals surface area contributed by atoms with Crippen LogP contribution >= 0.6 is 11.8 Å². The summed E-state index contributed by atoms with van der Waals surface area (Å²) in [5.74, 6) is -0.331. The van der Waals surface area contributed by atoms with Crippen molar-refractivity contribution in [2.45, 2.75) is 25.9 Å². The molecule has 0 heterocycles. The largest absolute Gasteiger partial charge is 0.479 e. The molecule has 0 aromatic rings. The lowest BCUT2D eigenvalue weighted by atomic mass is 10.3. The Morgan fingerprint density at radius 2 is 2.13 bits per heavy atom. The molecule has 0 aromatic heterocycles. The van der Waals surface area contributed by atoms with Crippen LogP contribution in [-0.4, -0.2) is 46.2 Å². The van der Waals surface area contributed by atoms with Crippen LogP contribution < -0.4 is 5.32 Å². The fraction of sp³-hybridized carbons (Fsp3) is 0.778. The Morgan fingerprint density at radius 3 is 2.67 bits per heavy atom. The molecule has 0 saturated heterocycles. The van der Waals surface area contributed by atoms with Gasteiger partial charge in [-0.1, -0.05) is 13.3 Å². The second kappa shape index (κ2) is 8.55. The van der Waals surface area contributed by atoms with Gasteiger partial charge in [-0.05, 0) is 12.2 Å². The summed E-state index contributed by atoms with van der Waals surface area (Å²) in [7, 11) is 0. The molecular formula is C9H17NO4S. The van der Waals surface area contributed by atoms with E-state index in [0.717, 1.165) is 18.6 Å². The lowest BCUT2D eigenvalue weighted by molar-refractivity contribution is -0.146. The Hall–Kier alpha value is -0.750. The standard InChI is InChI=1S/C9H17NO4S/c1-2-3-4-15-6-8(12)10-5-7(11)9(13)14/h7,11H,2-6H2,1H3,(H,10,12)(H,13,14). The summed E-state index contributed by atoms with van der Waals surface area (Å²) in [5.41, 5.74) is 0. The third kappa shape index (κ3) is 8.26. The van der Waals surface area contributed by atoms with Gasteiger partial charge in [0.1, 0.15) is 0 Å². The quantitative estimate of drug-likeness (QED) is 0.519. The minimum absolute atomic E-state index is 0.234. The molecular weight excluding hydrogens is 218 g/mol. The van der Waals surface area contributed by atoms with Gasteiger partial charge in [-0.25, -0.2) is 4.79 Å². The summed E-state index contributed by atoms with van der Waals surface area (Å²) in [4.78, 5) is 21.3. The van der Waals surface area contributed by atoms with E-state index in [2.05, 4.69) is 12.2 Å². The molecule has 0 rings (SSSR count). The number of aliphatic hydroxyl groups excluding tert-OH is 1. The third-order valence-corrected chi connectivity index (χ3v) is 2.70. The number of nitrogens with one attached hydrogen (secondary N) is 1. The van der Waals surface area contributed by atoms with Crippen molar-refractivity contribution in [1.82, 2.24) is 5.32 Å². The second-order valence-corrected chi connectivity index (χ2v) is 4.17. The minimum Gasteiger partial charge on any atom is -0.479 e. The first kappa shape index (κ1) is 14.2. The van der Waals surface area contributed by atoms with Crippen LogP contribution in [0.25, 0.3) is 0 Å². The maximum Gasteiger partial charge on any atom is 0.334 e. The average molecular weight is 235 g/mol. The summed E-state index contributed by atoms with van der Waals surface area (Å²) < 4.78 is 0. The number of aliphatic carboxylic acids is 1. The molecule has 15 heavy (non-hydrogen) atoms. The molecule has 1 amide bonds. The summed E-state index contributed by atoms with van der Waals surface area (Å²) >= 11 is 1.50. The third-order valence-electron chi connectivity index (χ3n) is 1.65. The molecule has 88 valence electrons. The molecule has 0 radical (unpaired) electrons. The van der Waals surface area contributed by atoms with Crippen LogP contribution in [0.15, 0.2) is 0 Å². The van der Waals surface area contributed by atoms with Crippen molar-refractivity contribution in [1.29, 1.82) is 0 Å². The average Bonchev–Trinajstić information content (AvgIpc) is 2.20. The van der Waals surface area contributed by atoms with Crippen LogP contribution in [0, 0.1) is 0 Å². The Balaban J connectivity index is 3.45. The van der Waals surface area contributed by atoms with E-state index in [-0.39, 0.29) is 12.5 Å². The first-order valence-electron chi connectivity index (χ1n) is 4.83. The highest BCUT2D eigenvalue weighted by Crippen LogP contribution is 2.03. The van der Waals surface area contributed by atoms with E-state index < -0.39 is 12.1 Å². The number of hydrogen-bond acceptors (Lipinski definition) is 4. The zero-order chi connectivity index (χ0) is 11.7. The molecule has 1 atom stereocenters. The summed E-state index contributed by atoms with van der Waals surface area (Å²) in [6.45, 7) is 1.84. The predicted octanol–water partition coefficient (Wildman–Crippen LogP) is 0.0814. The highest BCUT2D eigenvalue weighted by atomic mass is 32.2. The summed E-state index contributed by atoms with van der Waals surface area (Å²) in [5, 5.41) is 19.5. The number of carbonyl (C=O) groups is 2. The van der Waals surface area contributed by atoms with Crippen molar-refractivity contribution in [2.75, 3.05) is 18.1 Å². The number of carboxylic acid groups (broad SMARTS) is 1. The smallest absolute Gasteiger partial charge is 0.334 e. The summed E-state index contributed by atoms with van der Waals surface area (Å²) in [6.07, 6.45) is 0.636. The first-order chi connectivity index (χ1) is 7.07. The van der Waals surface area contributed by atoms with Crippen molar-refractivity contribution >= 4 is 23.6 Å². The summed E-state index contributed by atoms with van der Waals surface area (Å²) in [6, 6.07) is 0. The van der Waals surface area contributed by atoms with Crippen LogP contribution in [0.4, 0.5) is 0 Å². The van der Waals surface area contributed by atoms with Crippen LogP contribution in [-0.2, 0) is 9.59 Å². The van der Waals surface area contributed by atoms with Gasteiger partial charge in [0.15, 0.2) is 6.10 Å². The number of carbonyl (C=O) groups excluding carboxylic acids is 1. The molecule has 0 saturated carbocycles. The molecule has 0 aliphatic carbocycles. The molecule has 0 aromatic carbocycles. The van der Waals surface area contributed by atoms with Gasteiger partial charge in [-0.3, -0.25) is 4.79 Å². The SMILES string of the molecule is CCCCSCC(=O)NCC(O)C(=O)O. The number of hydrogen-bond donors (Lipinski definition) is 3. The number of aliphatic hydroxyl groups is 1. The van der Waals surface area contributed by atoms with Crippen LogP contribution in [0.3, 0.4) is 0 Å². The van der Waals surface area contributed by atoms with E-state index in [1.54, 1.807) is 0 Å². The highest BCUT2D eigenvalue weighted by Gasteiger charge is 2.13. The number of unbranched alkanes of at least 4 members (excludes halogenated alkanes) is 1. The van der Waals surface area contributed by atoms with Gasteiger partial charge in [-0.15, -0.1) is 0 Å². The fourth-order valence-corrected chi connectivity index (χ4v) is 1.68. The van der Waals surface area contributed by atoms with Crippen molar-refractivity contribution < 1.29 is 19.8 Å². The van der Waals surface area contributed by atoms with Gasteiger partial charge in [-0.2, -0.15) is 11.8 Å². The number of carboxylic acids is 1. The molecule has 6 heteroatoms. The van der Waals surface area contributed by atoms with E-state index in [0.29, 0.717) is 5.75 Å². The Labute approximate surface area is 93.2 Å². The molecule has 0 aliphatic heterocycles. The van der Waals surface area contributed by atoms with Crippen molar-refractivity contribution in [3.05, 3.63) is 0 Å². The Bertz CT molecular complexity index is 210. The molecule has 0 aliphatic rings. The van der Waals surface area contributed by atoms with Crippen LogP contribution in [0.5, 0.6) is 0 Å². The van der Waals surface area contributed by atoms with E-state index in [1.165, 1.54) is 11.8 Å².